The third-order valence-corrected chi connectivity index (χ3v) is 4.30. The van der Waals surface area contributed by atoms with Gasteiger partial charge in [0.1, 0.15) is 11.4 Å². The Morgan fingerprint density at radius 3 is 2.81 bits per heavy atom. The summed E-state index contributed by atoms with van der Waals surface area (Å²) in [5, 5.41) is 0. The number of H-pyrrole nitrogens is 1. The monoisotopic (exact) mass is 420 g/mol. The minimum Gasteiger partial charge on any atom is -0.479 e. The number of benzene rings is 1. The van der Waals surface area contributed by atoms with E-state index < -0.39 is 17.9 Å². The van der Waals surface area contributed by atoms with E-state index >= 15 is 0 Å². The average molecular weight is 421 g/mol. The van der Waals surface area contributed by atoms with Crippen molar-refractivity contribution in [3.63, 3.8) is 0 Å². The molecule has 0 radical (unpaired) electrons. The minimum absolute atomic E-state index is 0.0293. The van der Waals surface area contributed by atoms with Gasteiger partial charge in [0.15, 0.2) is 6.10 Å². The van der Waals surface area contributed by atoms with Crippen LogP contribution in [0, 0.1) is 0 Å². The van der Waals surface area contributed by atoms with Gasteiger partial charge in [-0.1, -0.05) is 12.1 Å². The maximum Gasteiger partial charge on any atom is 0.286 e. The van der Waals surface area contributed by atoms with E-state index in [1.165, 1.54) is 4.90 Å². The molecule has 1 atom stereocenters. The maximum absolute atomic E-state index is 12.3. The molecule has 3 rings (SSSR count). The van der Waals surface area contributed by atoms with Crippen molar-refractivity contribution in [3.05, 3.63) is 46.7 Å². The number of amides is 3. The molecule has 0 spiro atoms. The molecular formula is C17H17BrN4O4. The summed E-state index contributed by atoms with van der Waals surface area (Å²) >= 11 is 3.23. The molecule has 0 saturated carbocycles. The fourth-order valence-electron chi connectivity index (χ4n) is 2.56. The van der Waals surface area contributed by atoms with E-state index in [0.717, 1.165) is 4.47 Å². The predicted octanol–water partition coefficient (Wildman–Crippen LogP) is 1.74. The number of aromatic amines is 1. The van der Waals surface area contributed by atoms with Crippen LogP contribution in [0.15, 0.2) is 41.0 Å². The smallest absolute Gasteiger partial charge is 0.286 e. The summed E-state index contributed by atoms with van der Waals surface area (Å²) in [4.78, 5) is 40.5. The van der Waals surface area contributed by atoms with Gasteiger partial charge in [0, 0.05) is 23.6 Å². The standard InChI is InChI=1S/C17H17BrN4O4/c1-10-17(25)22(13-4-2-3-5-14(13)26-10)7-6-15(23)20-21-16(24)12-8-11(18)9-19-12/h2-5,8-10,19H,6-7H2,1H3,(H,20,23)(H,21,24). The van der Waals surface area contributed by atoms with E-state index in [4.69, 9.17) is 4.74 Å². The number of hydrogen-bond acceptors (Lipinski definition) is 4. The Kier molecular flexibility index (Phi) is 5.27. The lowest BCUT2D eigenvalue weighted by atomic mass is 10.1. The largest absolute Gasteiger partial charge is 0.479 e. The molecule has 1 aromatic heterocycles. The highest BCUT2D eigenvalue weighted by molar-refractivity contribution is 9.10. The van der Waals surface area contributed by atoms with Crippen LogP contribution in [0.1, 0.15) is 23.8 Å². The van der Waals surface area contributed by atoms with Gasteiger partial charge in [-0.05, 0) is 41.1 Å². The molecule has 136 valence electrons. The van der Waals surface area contributed by atoms with Crippen LogP contribution in [0.2, 0.25) is 0 Å². The Bertz CT molecular complexity index is 851. The fourth-order valence-corrected chi connectivity index (χ4v) is 2.90. The minimum atomic E-state index is -0.612. The van der Waals surface area contributed by atoms with Gasteiger partial charge < -0.3 is 14.6 Å². The average Bonchev–Trinajstić information content (AvgIpc) is 3.06. The number of fused-ring (bicyclic) bond motifs is 1. The van der Waals surface area contributed by atoms with E-state index in [9.17, 15) is 14.4 Å². The Balaban J connectivity index is 1.56. The number of carbonyl (C=O) groups excluding carboxylic acids is 3. The normalized spacial score (nSPS) is 15.8. The first-order valence-corrected chi connectivity index (χ1v) is 8.75. The summed E-state index contributed by atoms with van der Waals surface area (Å²) in [6, 6.07) is 8.75. The summed E-state index contributed by atoms with van der Waals surface area (Å²) in [6.45, 7) is 1.85. The van der Waals surface area contributed by atoms with Crippen molar-refractivity contribution in [2.45, 2.75) is 19.4 Å². The molecule has 1 aliphatic heterocycles. The molecule has 2 aromatic rings. The Morgan fingerprint density at radius 1 is 1.31 bits per heavy atom. The van der Waals surface area contributed by atoms with Crippen molar-refractivity contribution >= 4 is 39.3 Å². The van der Waals surface area contributed by atoms with Gasteiger partial charge in [-0.15, -0.1) is 0 Å². The highest BCUT2D eigenvalue weighted by atomic mass is 79.9. The van der Waals surface area contributed by atoms with Gasteiger partial charge in [0.2, 0.25) is 5.91 Å². The third-order valence-electron chi connectivity index (χ3n) is 3.84. The van der Waals surface area contributed by atoms with Gasteiger partial charge in [0.05, 0.1) is 5.69 Å². The van der Waals surface area contributed by atoms with Crippen molar-refractivity contribution in [2.75, 3.05) is 11.4 Å². The number of hydrogen-bond donors (Lipinski definition) is 3. The SMILES string of the molecule is CC1Oc2ccccc2N(CCC(=O)NNC(=O)c2cc(Br)c[nH]2)C1=O. The van der Waals surface area contributed by atoms with Gasteiger partial charge in [0.25, 0.3) is 11.8 Å². The molecule has 1 aromatic carbocycles. The van der Waals surface area contributed by atoms with Crippen molar-refractivity contribution in [3.8, 4) is 5.75 Å². The van der Waals surface area contributed by atoms with Crippen molar-refractivity contribution in [2.24, 2.45) is 0 Å². The van der Waals surface area contributed by atoms with E-state index in [-0.39, 0.29) is 18.9 Å². The number of halogens is 1. The second-order valence-corrected chi connectivity index (χ2v) is 6.62. The number of para-hydroxylation sites is 2. The summed E-state index contributed by atoms with van der Waals surface area (Å²) in [5.41, 5.74) is 5.59. The Morgan fingerprint density at radius 2 is 2.08 bits per heavy atom. The number of nitrogens with zero attached hydrogens (tertiary/aromatic N) is 1. The zero-order valence-electron chi connectivity index (χ0n) is 13.9. The van der Waals surface area contributed by atoms with Gasteiger partial charge in [-0.25, -0.2) is 0 Å². The molecule has 0 bridgehead atoms. The highest BCUT2D eigenvalue weighted by Crippen LogP contribution is 2.33. The molecular weight excluding hydrogens is 404 g/mol. The lowest BCUT2D eigenvalue weighted by Crippen LogP contribution is -2.47. The second kappa shape index (κ2) is 7.61. The number of ether oxygens (including phenoxy) is 1. The zero-order chi connectivity index (χ0) is 18.7. The van der Waals surface area contributed by atoms with E-state index in [1.807, 2.05) is 6.07 Å². The van der Waals surface area contributed by atoms with Crippen LogP contribution < -0.4 is 20.5 Å². The topological polar surface area (TPSA) is 104 Å². The maximum atomic E-state index is 12.3. The first-order valence-electron chi connectivity index (χ1n) is 7.96. The quantitative estimate of drug-likeness (QED) is 0.655. The van der Waals surface area contributed by atoms with Crippen molar-refractivity contribution < 1.29 is 19.1 Å². The summed E-state index contributed by atoms with van der Waals surface area (Å²) in [6.07, 6.45) is 1.03. The molecule has 8 nitrogen and oxygen atoms in total. The summed E-state index contributed by atoms with van der Waals surface area (Å²) in [7, 11) is 0. The van der Waals surface area contributed by atoms with Gasteiger partial charge in [-0.3, -0.25) is 25.2 Å². The molecule has 1 unspecified atom stereocenters. The number of aromatic nitrogens is 1. The predicted molar refractivity (Wildman–Crippen MR) is 97.6 cm³/mol. The molecule has 9 heteroatoms. The third kappa shape index (κ3) is 3.88. The second-order valence-electron chi connectivity index (χ2n) is 5.70. The van der Waals surface area contributed by atoms with Crippen LogP contribution in [0.3, 0.4) is 0 Å². The molecule has 26 heavy (non-hydrogen) atoms. The molecule has 1 aliphatic rings. The van der Waals surface area contributed by atoms with Crippen LogP contribution in [0.5, 0.6) is 5.75 Å². The van der Waals surface area contributed by atoms with E-state index in [0.29, 0.717) is 17.1 Å². The number of nitrogens with one attached hydrogen (secondary N) is 3. The van der Waals surface area contributed by atoms with Crippen LogP contribution in [-0.4, -0.2) is 35.4 Å². The Labute approximate surface area is 158 Å². The number of hydrazine groups is 1. The van der Waals surface area contributed by atoms with Crippen LogP contribution in [0.4, 0.5) is 5.69 Å². The molecule has 3 amide bonds. The number of anilines is 1. The number of rotatable bonds is 4. The summed E-state index contributed by atoms with van der Waals surface area (Å²) in [5.74, 6) is -0.485. The molecule has 2 heterocycles. The van der Waals surface area contributed by atoms with Crippen LogP contribution in [-0.2, 0) is 9.59 Å². The molecule has 0 aliphatic carbocycles. The first-order chi connectivity index (χ1) is 12.5. The fraction of sp³-hybridized carbons (Fsp3) is 0.235. The molecule has 0 fully saturated rings. The van der Waals surface area contributed by atoms with E-state index in [1.54, 1.807) is 37.4 Å². The Hall–Kier alpha value is -2.81. The van der Waals surface area contributed by atoms with E-state index in [2.05, 4.69) is 31.8 Å². The number of carbonyl (C=O) groups is 3. The van der Waals surface area contributed by atoms with Crippen molar-refractivity contribution in [1.82, 2.24) is 15.8 Å². The van der Waals surface area contributed by atoms with Crippen LogP contribution in [0.25, 0.3) is 0 Å². The highest BCUT2D eigenvalue weighted by Gasteiger charge is 2.31. The van der Waals surface area contributed by atoms with Crippen molar-refractivity contribution in [1.29, 1.82) is 0 Å². The zero-order valence-corrected chi connectivity index (χ0v) is 15.5. The lowest BCUT2D eigenvalue weighted by molar-refractivity contribution is -0.125. The lowest BCUT2D eigenvalue weighted by Gasteiger charge is -2.32. The van der Waals surface area contributed by atoms with Gasteiger partial charge >= 0.3 is 0 Å². The molecule has 0 saturated heterocycles. The first kappa shape index (κ1) is 18.0. The molecule has 3 N–H and O–H groups in total. The summed E-state index contributed by atoms with van der Waals surface area (Å²) < 4.78 is 6.28. The van der Waals surface area contributed by atoms with Crippen LogP contribution >= 0.6 is 15.9 Å². The van der Waals surface area contributed by atoms with Gasteiger partial charge in [-0.2, -0.15) is 0 Å².